The van der Waals surface area contributed by atoms with Crippen molar-refractivity contribution in [3.8, 4) is 0 Å². The maximum absolute atomic E-state index is 12.8. The molecule has 1 rings (SSSR count). The van der Waals surface area contributed by atoms with Gasteiger partial charge in [0.2, 0.25) is 0 Å². The normalized spacial score (nSPS) is 20.3. The second-order valence-corrected chi connectivity index (χ2v) is 16.6. The maximum Gasteiger partial charge on any atom is 0.306 e. The van der Waals surface area contributed by atoms with Gasteiger partial charge in [0, 0.05) is 12.8 Å². The summed E-state index contributed by atoms with van der Waals surface area (Å²) in [5.41, 5.74) is 0. The first-order valence-electron chi connectivity index (χ1n) is 23.8. The number of rotatable bonds is 40. The lowest BCUT2D eigenvalue weighted by Crippen LogP contribution is -2.59. The Morgan fingerprint density at radius 3 is 1.37 bits per heavy atom. The predicted octanol–water partition coefficient (Wildman–Crippen LogP) is 10.3. The van der Waals surface area contributed by atoms with E-state index in [1.165, 1.54) is 135 Å². The molecule has 0 bridgehead atoms. The largest absolute Gasteiger partial charge is 0.462 e. The number of aliphatic hydroxyl groups is 4. The van der Waals surface area contributed by atoms with E-state index in [0.29, 0.717) is 6.42 Å². The topological polar surface area (TPSA) is 152 Å². The molecule has 336 valence electrons. The third-order valence-corrected chi connectivity index (χ3v) is 11.2. The Morgan fingerprint density at radius 2 is 0.930 bits per heavy atom. The molecule has 0 saturated carbocycles. The van der Waals surface area contributed by atoms with E-state index in [1.54, 1.807) is 0 Å². The first kappa shape index (κ1) is 53.5. The molecule has 0 amide bonds. The van der Waals surface area contributed by atoms with E-state index >= 15 is 0 Å². The third kappa shape index (κ3) is 30.2. The van der Waals surface area contributed by atoms with E-state index in [1.807, 2.05) is 0 Å². The number of hydrogen-bond acceptors (Lipinski definition) is 10. The van der Waals surface area contributed by atoms with Crippen molar-refractivity contribution in [2.24, 2.45) is 0 Å². The number of unbranched alkanes of at least 4 members (excludes halogenated alkanes) is 27. The molecule has 0 radical (unpaired) electrons. The lowest BCUT2D eigenvalue weighted by Gasteiger charge is -2.39. The molecule has 6 unspecified atom stereocenters. The van der Waals surface area contributed by atoms with Crippen LogP contribution in [0.2, 0.25) is 0 Å². The van der Waals surface area contributed by atoms with Crippen LogP contribution < -0.4 is 0 Å². The fourth-order valence-electron chi connectivity index (χ4n) is 7.36. The van der Waals surface area contributed by atoms with Crippen molar-refractivity contribution in [2.45, 2.75) is 256 Å². The van der Waals surface area contributed by atoms with Gasteiger partial charge in [-0.25, -0.2) is 0 Å². The van der Waals surface area contributed by atoms with Crippen molar-refractivity contribution in [1.29, 1.82) is 0 Å². The molecular formula is C47H88O10. The summed E-state index contributed by atoms with van der Waals surface area (Å²) in [5.74, 6) is -0.804. The van der Waals surface area contributed by atoms with Gasteiger partial charge in [-0.05, 0) is 38.5 Å². The van der Waals surface area contributed by atoms with E-state index in [4.69, 9.17) is 18.9 Å². The minimum Gasteiger partial charge on any atom is -0.462 e. The number of aliphatic hydroxyl groups excluding tert-OH is 4. The number of carbonyl (C=O) groups is 2. The fourth-order valence-corrected chi connectivity index (χ4v) is 7.36. The van der Waals surface area contributed by atoms with Gasteiger partial charge in [0.25, 0.3) is 0 Å². The van der Waals surface area contributed by atoms with Crippen LogP contribution in [-0.4, -0.2) is 89.0 Å². The van der Waals surface area contributed by atoms with Crippen molar-refractivity contribution in [2.75, 3.05) is 19.8 Å². The standard InChI is InChI=1S/C47H88O10/c1-3-5-7-9-11-13-15-17-19-20-22-23-25-27-29-31-33-35-42(49)54-38-40(39-55-47-46(53)45(52)44(51)41(37-48)57-47)56-43(50)36-34-32-30-28-26-24-21-18-16-14-12-10-8-6-4-2/h18,21,40-41,44-48,51-53H,3-17,19-20,22-39H2,1-2H3/b21-18-. The van der Waals surface area contributed by atoms with Crippen LogP contribution in [0.5, 0.6) is 0 Å². The number of allylic oxidation sites excluding steroid dienone is 2. The van der Waals surface area contributed by atoms with Gasteiger partial charge < -0.3 is 39.4 Å². The van der Waals surface area contributed by atoms with Gasteiger partial charge in [0.05, 0.1) is 13.2 Å². The van der Waals surface area contributed by atoms with Crippen LogP contribution in [0.25, 0.3) is 0 Å². The van der Waals surface area contributed by atoms with E-state index in [9.17, 15) is 30.0 Å². The monoisotopic (exact) mass is 813 g/mol. The molecule has 0 aromatic heterocycles. The van der Waals surface area contributed by atoms with Crippen molar-refractivity contribution >= 4 is 11.9 Å². The third-order valence-electron chi connectivity index (χ3n) is 11.2. The summed E-state index contributed by atoms with van der Waals surface area (Å²) in [7, 11) is 0. The molecule has 10 nitrogen and oxygen atoms in total. The predicted molar refractivity (Wildman–Crippen MR) is 229 cm³/mol. The highest BCUT2D eigenvalue weighted by Gasteiger charge is 2.44. The average Bonchev–Trinajstić information content (AvgIpc) is 3.21. The van der Waals surface area contributed by atoms with Gasteiger partial charge in [-0.1, -0.05) is 180 Å². The highest BCUT2D eigenvalue weighted by molar-refractivity contribution is 5.70. The molecular weight excluding hydrogens is 725 g/mol. The van der Waals surface area contributed by atoms with Crippen molar-refractivity contribution < 1.29 is 49.0 Å². The minimum atomic E-state index is -1.59. The highest BCUT2D eigenvalue weighted by Crippen LogP contribution is 2.23. The number of carbonyl (C=O) groups excluding carboxylic acids is 2. The van der Waals surface area contributed by atoms with Crippen LogP contribution in [0.1, 0.15) is 219 Å². The SMILES string of the molecule is CCCCCCCC/C=C\CCCCCCCC(=O)OC(COC(=O)CCCCCCCCCCCCCCCCCCC)COC1OC(CO)C(O)C(O)C1O. The Labute approximate surface area is 348 Å². The Hall–Kier alpha value is -1.56. The Kier molecular flexibility index (Phi) is 36.2. The van der Waals surface area contributed by atoms with Gasteiger partial charge in [-0.3, -0.25) is 9.59 Å². The van der Waals surface area contributed by atoms with Crippen molar-refractivity contribution in [3.05, 3.63) is 12.2 Å². The van der Waals surface area contributed by atoms with Crippen molar-refractivity contribution in [3.63, 3.8) is 0 Å². The van der Waals surface area contributed by atoms with Crippen molar-refractivity contribution in [1.82, 2.24) is 0 Å². The number of ether oxygens (including phenoxy) is 4. The van der Waals surface area contributed by atoms with Gasteiger partial charge in [-0.15, -0.1) is 0 Å². The minimum absolute atomic E-state index is 0.215. The summed E-state index contributed by atoms with van der Waals surface area (Å²) in [6.45, 7) is 3.44. The van der Waals surface area contributed by atoms with Gasteiger partial charge in [-0.2, -0.15) is 0 Å². The molecule has 1 heterocycles. The Balaban J connectivity index is 2.29. The first-order chi connectivity index (χ1) is 27.8. The molecule has 1 aliphatic rings. The summed E-state index contributed by atoms with van der Waals surface area (Å²) in [6.07, 6.45) is 33.6. The fraction of sp³-hybridized carbons (Fsp3) is 0.915. The van der Waals surface area contributed by atoms with Crippen LogP contribution >= 0.6 is 0 Å². The molecule has 0 aromatic rings. The first-order valence-corrected chi connectivity index (χ1v) is 23.8. The molecule has 57 heavy (non-hydrogen) atoms. The number of esters is 2. The van der Waals surface area contributed by atoms with Crippen LogP contribution in [0.4, 0.5) is 0 Å². The van der Waals surface area contributed by atoms with Crippen LogP contribution in [0.3, 0.4) is 0 Å². The summed E-state index contributed by atoms with van der Waals surface area (Å²) < 4.78 is 22.2. The molecule has 1 fully saturated rings. The average molecular weight is 813 g/mol. The summed E-state index contributed by atoms with van der Waals surface area (Å²) in [6, 6.07) is 0. The van der Waals surface area contributed by atoms with Gasteiger partial charge in [0.1, 0.15) is 31.0 Å². The zero-order valence-electron chi connectivity index (χ0n) is 36.6. The molecule has 6 atom stereocenters. The highest BCUT2D eigenvalue weighted by atomic mass is 16.7. The molecule has 0 aromatic carbocycles. The van der Waals surface area contributed by atoms with Crippen LogP contribution in [0, 0.1) is 0 Å². The lowest BCUT2D eigenvalue weighted by molar-refractivity contribution is -0.305. The molecule has 1 saturated heterocycles. The Morgan fingerprint density at radius 1 is 0.526 bits per heavy atom. The summed E-state index contributed by atoms with van der Waals surface area (Å²) in [4.78, 5) is 25.4. The second kappa shape index (κ2) is 38.6. The maximum atomic E-state index is 12.8. The van der Waals surface area contributed by atoms with Crippen LogP contribution in [0.15, 0.2) is 12.2 Å². The van der Waals surface area contributed by atoms with E-state index in [-0.39, 0.29) is 32.0 Å². The van der Waals surface area contributed by atoms with E-state index in [0.717, 1.165) is 51.4 Å². The number of hydrogen-bond donors (Lipinski definition) is 4. The molecule has 0 spiro atoms. The van der Waals surface area contributed by atoms with Crippen LogP contribution in [-0.2, 0) is 28.5 Å². The summed E-state index contributed by atoms with van der Waals surface area (Å²) in [5, 5.41) is 40.1. The summed E-state index contributed by atoms with van der Waals surface area (Å²) >= 11 is 0. The Bertz CT molecular complexity index is 943. The molecule has 1 aliphatic heterocycles. The van der Waals surface area contributed by atoms with Gasteiger partial charge >= 0.3 is 11.9 Å². The second-order valence-electron chi connectivity index (χ2n) is 16.6. The van der Waals surface area contributed by atoms with Gasteiger partial charge in [0.15, 0.2) is 12.4 Å². The quantitative estimate of drug-likeness (QED) is 0.0267. The van der Waals surface area contributed by atoms with E-state index < -0.39 is 49.4 Å². The molecule has 10 heteroatoms. The zero-order chi connectivity index (χ0) is 41.6. The lowest BCUT2D eigenvalue weighted by atomic mass is 9.99. The molecule has 4 N–H and O–H groups in total. The zero-order valence-corrected chi connectivity index (χ0v) is 36.6. The smallest absolute Gasteiger partial charge is 0.306 e. The molecule has 0 aliphatic carbocycles. The van der Waals surface area contributed by atoms with E-state index in [2.05, 4.69) is 26.0 Å².